The number of benzene rings is 1. The number of likely N-dealkylation sites (tertiary alicyclic amines) is 1. The van der Waals surface area contributed by atoms with Gasteiger partial charge in [-0.05, 0) is 31.5 Å². The Labute approximate surface area is 116 Å². The summed E-state index contributed by atoms with van der Waals surface area (Å²) in [5.74, 6) is -0.630. The maximum atomic E-state index is 12.7. The molecule has 0 amide bonds. The van der Waals surface area contributed by atoms with Crippen LogP contribution in [0.4, 0.5) is 18.9 Å². The van der Waals surface area contributed by atoms with Crippen LogP contribution in [0.5, 0.6) is 5.75 Å². The summed E-state index contributed by atoms with van der Waals surface area (Å²) < 4.78 is 43.6. The van der Waals surface area contributed by atoms with Crippen LogP contribution in [-0.4, -0.2) is 37.3 Å². The monoisotopic (exact) mass is 288 g/mol. The molecule has 0 spiro atoms. The minimum Gasteiger partial charge on any atom is -0.490 e. The van der Waals surface area contributed by atoms with Crippen molar-refractivity contribution in [2.24, 2.45) is 5.92 Å². The quantitative estimate of drug-likeness (QED) is 0.866. The number of nitrogen functional groups attached to an aromatic ring is 1. The van der Waals surface area contributed by atoms with Crippen LogP contribution in [0.25, 0.3) is 0 Å². The molecule has 3 nitrogen and oxygen atoms in total. The van der Waals surface area contributed by atoms with Gasteiger partial charge in [0.25, 0.3) is 0 Å². The summed E-state index contributed by atoms with van der Waals surface area (Å²) in [5.41, 5.74) is 6.27. The van der Waals surface area contributed by atoms with Gasteiger partial charge in [0, 0.05) is 13.1 Å². The van der Waals surface area contributed by atoms with Crippen molar-refractivity contribution in [2.45, 2.75) is 19.0 Å². The van der Waals surface area contributed by atoms with E-state index in [-0.39, 0.29) is 13.0 Å². The molecule has 112 valence electrons. The molecule has 2 rings (SSSR count). The fourth-order valence-corrected chi connectivity index (χ4v) is 2.42. The number of halogens is 3. The van der Waals surface area contributed by atoms with E-state index in [4.69, 9.17) is 10.5 Å². The Bertz CT molecular complexity index is 437. The number of piperidine rings is 1. The summed E-state index contributed by atoms with van der Waals surface area (Å²) in [7, 11) is 0. The molecular weight excluding hydrogens is 269 g/mol. The van der Waals surface area contributed by atoms with Gasteiger partial charge in [0.1, 0.15) is 12.4 Å². The average molecular weight is 288 g/mol. The van der Waals surface area contributed by atoms with E-state index in [1.807, 2.05) is 6.07 Å². The summed E-state index contributed by atoms with van der Waals surface area (Å²) in [5, 5.41) is 0. The molecule has 6 heteroatoms. The first-order valence-corrected chi connectivity index (χ1v) is 6.73. The number of para-hydroxylation sites is 2. The lowest BCUT2D eigenvalue weighted by Crippen LogP contribution is -2.43. The van der Waals surface area contributed by atoms with Crippen LogP contribution in [0, 0.1) is 5.92 Å². The Morgan fingerprint density at radius 3 is 2.75 bits per heavy atom. The predicted octanol–water partition coefficient (Wildman–Crippen LogP) is 2.92. The smallest absolute Gasteiger partial charge is 0.393 e. The predicted molar refractivity (Wildman–Crippen MR) is 71.6 cm³/mol. The molecule has 20 heavy (non-hydrogen) atoms. The van der Waals surface area contributed by atoms with Crippen LogP contribution >= 0.6 is 0 Å². The first-order valence-electron chi connectivity index (χ1n) is 6.73. The maximum Gasteiger partial charge on any atom is 0.393 e. The van der Waals surface area contributed by atoms with Crippen molar-refractivity contribution >= 4 is 5.69 Å². The van der Waals surface area contributed by atoms with E-state index in [1.165, 1.54) is 0 Å². The highest BCUT2D eigenvalue weighted by molar-refractivity contribution is 5.51. The average Bonchev–Trinajstić information content (AvgIpc) is 2.40. The second-order valence-corrected chi connectivity index (χ2v) is 5.07. The van der Waals surface area contributed by atoms with Crippen molar-refractivity contribution in [1.29, 1.82) is 0 Å². The van der Waals surface area contributed by atoms with Crippen LogP contribution < -0.4 is 10.5 Å². The number of anilines is 1. The Balaban J connectivity index is 1.78. The van der Waals surface area contributed by atoms with Crippen molar-refractivity contribution in [2.75, 3.05) is 32.0 Å². The van der Waals surface area contributed by atoms with Crippen LogP contribution in [0.15, 0.2) is 24.3 Å². The fraction of sp³-hybridized carbons (Fsp3) is 0.571. The molecule has 0 radical (unpaired) electrons. The third-order valence-electron chi connectivity index (χ3n) is 3.55. The van der Waals surface area contributed by atoms with E-state index in [0.29, 0.717) is 37.6 Å². The molecule has 0 aromatic heterocycles. The minimum absolute atomic E-state index is 0.0666. The zero-order chi connectivity index (χ0) is 14.6. The number of nitrogens with two attached hydrogens (primary N) is 1. The molecule has 1 saturated heterocycles. The second kappa shape index (κ2) is 6.35. The van der Waals surface area contributed by atoms with Gasteiger partial charge in [-0.2, -0.15) is 13.2 Å². The summed E-state index contributed by atoms with van der Waals surface area (Å²) in [4.78, 5) is 1.81. The molecule has 0 bridgehead atoms. The molecule has 1 aromatic rings. The van der Waals surface area contributed by atoms with E-state index in [9.17, 15) is 13.2 Å². The number of ether oxygens (including phenoxy) is 1. The summed E-state index contributed by atoms with van der Waals surface area (Å²) >= 11 is 0. The first kappa shape index (κ1) is 15.0. The van der Waals surface area contributed by atoms with Gasteiger partial charge in [-0.3, -0.25) is 4.90 Å². The molecule has 0 saturated carbocycles. The van der Waals surface area contributed by atoms with Crippen molar-refractivity contribution in [3.8, 4) is 5.75 Å². The van der Waals surface area contributed by atoms with Crippen LogP contribution in [-0.2, 0) is 0 Å². The molecule has 1 aliphatic heterocycles. The summed E-state index contributed by atoms with van der Waals surface area (Å²) in [6.45, 7) is 1.59. The Kier molecular flexibility index (Phi) is 4.75. The van der Waals surface area contributed by atoms with Crippen LogP contribution in [0.2, 0.25) is 0 Å². The summed E-state index contributed by atoms with van der Waals surface area (Å²) in [6, 6.07) is 7.10. The molecule has 1 aromatic carbocycles. The minimum atomic E-state index is -4.09. The van der Waals surface area contributed by atoms with E-state index in [1.54, 1.807) is 23.1 Å². The molecule has 0 aliphatic carbocycles. The van der Waals surface area contributed by atoms with Gasteiger partial charge in [0.15, 0.2) is 0 Å². The molecule has 1 fully saturated rings. The lowest BCUT2D eigenvalue weighted by Gasteiger charge is -2.33. The van der Waals surface area contributed by atoms with E-state index in [0.717, 1.165) is 0 Å². The van der Waals surface area contributed by atoms with Gasteiger partial charge in [-0.1, -0.05) is 12.1 Å². The van der Waals surface area contributed by atoms with Gasteiger partial charge in [0.2, 0.25) is 0 Å². The number of hydrogen-bond donors (Lipinski definition) is 1. The molecular formula is C14H19F3N2O. The highest BCUT2D eigenvalue weighted by Gasteiger charge is 2.41. The normalized spacial score (nSPS) is 20.9. The largest absolute Gasteiger partial charge is 0.490 e. The zero-order valence-corrected chi connectivity index (χ0v) is 11.2. The van der Waals surface area contributed by atoms with Crippen molar-refractivity contribution in [3.63, 3.8) is 0 Å². The van der Waals surface area contributed by atoms with Crippen molar-refractivity contribution < 1.29 is 17.9 Å². The highest BCUT2D eigenvalue weighted by Crippen LogP contribution is 2.33. The standard InChI is InChI=1S/C14H19F3N2O/c15-14(16,17)11-4-3-7-19(10-11)8-9-20-13-6-2-1-5-12(13)18/h1-2,5-6,11H,3-4,7-10,18H2. The SMILES string of the molecule is Nc1ccccc1OCCN1CCCC(C(F)(F)F)C1. The number of alkyl halides is 3. The maximum absolute atomic E-state index is 12.7. The zero-order valence-electron chi connectivity index (χ0n) is 11.2. The Morgan fingerprint density at radius 2 is 2.05 bits per heavy atom. The van der Waals surface area contributed by atoms with E-state index in [2.05, 4.69) is 0 Å². The Morgan fingerprint density at radius 1 is 1.30 bits per heavy atom. The van der Waals surface area contributed by atoms with E-state index >= 15 is 0 Å². The van der Waals surface area contributed by atoms with Gasteiger partial charge in [-0.25, -0.2) is 0 Å². The fourth-order valence-electron chi connectivity index (χ4n) is 2.42. The lowest BCUT2D eigenvalue weighted by molar-refractivity contribution is -0.186. The van der Waals surface area contributed by atoms with E-state index < -0.39 is 12.1 Å². The number of hydrogen-bond acceptors (Lipinski definition) is 3. The van der Waals surface area contributed by atoms with Crippen LogP contribution in [0.1, 0.15) is 12.8 Å². The molecule has 1 heterocycles. The van der Waals surface area contributed by atoms with Gasteiger partial charge in [-0.15, -0.1) is 0 Å². The highest BCUT2D eigenvalue weighted by atomic mass is 19.4. The van der Waals surface area contributed by atoms with Gasteiger partial charge < -0.3 is 10.5 Å². The topological polar surface area (TPSA) is 38.5 Å². The summed E-state index contributed by atoms with van der Waals surface area (Å²) in [6.07, 6.45) is -3.28. The first-order chi connectivity index (χ1) is 9.47. The van der Waals surface area contributed by atoms with Gasteiger partial charge in [0.05, 0.1) is 11.6 Å². The molecule has 1 atom stereocenters. The number of nitrogens with zero attached hydrogens (tertiary/aromatic N) is 1. The molecule has 2 N–H and O–H groups in total. The molecule has 1 aliphatic rings. The second-order valence-electron chi connectivity index (χ2n) is 5.07. The van der Waals surface area contributed by atoms with Crippen molar-refractivity contribution in [3.05, 3.63) is 24.3 Å². The number of rotatable bonds is 4. The third kappa shape index (κ3) is 4.03. The third-order valence-corrected chi connectivity index (χ3v) is 3.55. The lowest BCUT2D eigenvalue weighted by atomic mass is 9.98. The Hall–Kier alpha value is -1.43. The van der Waals surface area contributed by atoms with Crippen LogP contribution in [0.3, 0.4) is 0 Å². The van der Waals surface area contributed by atoms with Gasteiger partial charge >= 0.3 is 6.18 Å². The molecule has 1 unspecified atom stereocenters. The van der Waals surface area contributed by atoms with Crippen molar-refractivity contribution in [1.82, 2.24) is 4.90 Å².